The highest BCUT2D eigenvalue weighted by atomic mass is 32.2. The highest BCUT2D eigenvalue weighted by Gasteiger charge is 2.37. The van der Waals surface area contributed by atoms with E-state index in [4.69, 9.17) is 4.74 Å². The summed E-state index contributed by atoms with van der Waals surface area (Å²) < 4.78 is 18.2. The van der Waals surface area contributed by atoms with Crippen LogP contribution in [0.3, 0.4) is 0 Å². The first-order valence-corrected chi connectivity index (χ1v) is 8.67. The van der Waals surface area contributed by atoms with Gasteiger partial charge in [0, 0.05) is 11.3 Å². The van der Waals surface area contributed by atoms with E-state index in [9.17, 15) is 4.21 Å². The highest BCUT2D eigenvalue weighted by molar-refractivity contribution is 7.85. The van der Waals surface area contributed by atoms with E-state index in [-0.39, 0.29) is 5.25 Å². The Bertz CT molecular complexity index is 464. The van der Waals surface area contributed by atoms with Crippen molar-refractivity contribution < 1.29 is 8.95 Å². The summed E-state index contributed by atoms with van der Waals surface area (Å²) >= 11 is 0. The molecule has 0 aromatic heterocycles. The molecule has 1 saturated carbocycles. The summed E-state index contributed by atoms with van der Waals surface area (Å²) in [5.41, 5.74) is 0. The molecule has 4 atom stereocenters. The number of hydrogen-bond acceptors (Lipinski definition) is 3. The molecule has 1 aromatic rings. The van der Waals surface area contributed by atoms with Crippen LogP contribution in [0.5, 0.6) is 5.75 Å². The molecule has 0 amide bonds. The lowest BCUT2D eigenvalue weighted by atomic mass is 10.1. The van der Waals surface area contributed by atoms with E-state index in [2.05, 4.69) is 19.2 Å². The van der Waals surface area contributed by atoms with Crippen molar-refractivity contribution in [1.29, 1.82) is 0 Å². The van der Waals surface area contributed by atoms with Gasteiger partial charge in [0.15, 0.2) is 0 Å². The van der Waals surface area contributed by atoms with Gasteiger partial charge in [0.2, 0.25) is 0 Å². The Kier molecular flexibility index (Phi) is 5.61. The molecule has 4 unspecified atom stereocenters. The number of rotatable bonds is 6. The third-order valence-electron chi connectivity index (χ3n) is 4.20. The van der Waals surface area contributed by atoms with Crippen LogP contribution in [0.25, 0.3) is 0 Å². The molecule has 2 rings (SSSR count). The molecule has 1 fully saturated rings. The predicted octanol–water partition coefficient (Wildman–Crippen LogP) is 2.97. The van der Waals surface area contributed by atoms with Gasteiger partial charge in [0.1, 0.15) is 5.75 Å². The topological polar surface area (TPSA) is 38.3 Å². The largest absolute Gasteiger partial charge is 0.495 e. The number of benzene rings is 1. The van der Waals surface area contributed by atoms with E-state index in [1.165, 1.54) is 0 Å². The molecule has 1 N–H and O–H groups in total. The van der Waals surface area contributed by atoms with Gasteiger partial charge in [-0.15, -0.1) is 0 Å². The Morgan fingerprint density at radius 1 is 1.35 bits per heavy atom. The van der Waals surface area contributed by atoms with E-state index in [0.717, 1.165) is 36.5 Å². The maximum atomic E-state index is 12.9. The molecule has 20 heavy (non-hydrogen) atoms. The maximum absolute atomic E-state index is 12.9. The molecule has 3 nitrogen and oxygen atoms in total. The summed E-state index contributed by atoms with van der Waals surface area (Å²) in [6.45, 7) is 5.44. The first kappa shape index (κ1) is 15.5. The molecular formula is C16H25NO2S. The average Bonchev–Trinajstić information content (AvgIpc) is 2.85. The zero-order valence-corrected chi connectivity index (χ0v) is 13.4. The minimum Gasteiger partial charge on any atom is -0.495 e. The zero-order valence-electron chi connectivity index (χ0n) is 12.6. The van der Waals surface area contributed by atoms with Crippen LogP contribution in [0, 0.1) is 5.92 Å². The van der Waals surface area contributed by atoms with Gasteiger partial charge in [-0.2, -0.15) is 0 Å². The molecule has 1 aliphatic carbocycles. The SMILES string of the molecule is CCCNC1CCC(S(=O)c2ccccc2OC)C1C. The van der Waals surface area contributed by atoms with Crippen LogP contribution in [0.15, 0.2) is 29.2 Å². The van der Waals surface area contributed by atoms with Gasteiger partial charge in [-0.05, 0) is 43.9 Å². The lowest BCUT2D eigenvalue weighted by Crippen LogP contribution is -2.35. The minimum atomic E-state index is -0.991. The van der Waals surface area contributed by atoms with Gasteiger partial charge < -0.3 is 10.1 Å². The van der Waals surface area contributed by atoms with E-state index in [1.807, 2.05) is 24.3 Å². The Labute approximate surface area is 124 Å². The van der Waals surface area contributed by atoms with Gasteiger partial charge in [-0.3, -0.25) is 4.21 Å². The maximum Gasteiger partial charge on any atom is 0.134 e. The van der Waals surface area contributed by atoms with Gasteiger partial charge >= 0.3 is 0 Å². The summed E-state index contributed by atoms with van der Waals surface area (Å²) in [5.74, 6) is 1.18. The zero-order chi connectivity index (χ0) is 14.5. The predicted molar refractivity (Wildman–Crippen MR) is 83.7 cm³/mol. The second-order valence-corrected chi connectivity index (χ2v) is 7.12. The minimum absolute atomic E-state index is 0.223. The lowest BCUT2D eigenvalue weighted by molar-refractivity contribution is 0.403. The standard InChI is InChI=1S/C16H25NO2S/c1-4-11-17-13-9-10-15(12(13)2)20(18)16-8-6-5-7-14(16)19-3/h5-8,12-13,15,17H,4,9-11H2,1-3H3. The number of nitrogens with one attached hydrogen (secondary N) is 1. The molecule has 0 bridgehead atoms. The molecule has 0 radical (unpaired) electrons. The monoisotopic (exact) mass is 295 g/mol. The Morgan fingerprint density at radius 3 is 2.80 bits per heavy atom. The van der Waals surface area contributed by atoms with Crippen molar-refractivity contribution in [2.45, 2.75) is 49.3 Å². The van der Waals surface area contributed by atoms with Crippen LogP contribution < -0.4 is 10.1 Å². The van der Waals surface area contributed by atoms with Gasteiger partial charge in [-0.25, -0.2) is 0 Å². The first-order chi connectivity index (χ1) is 9.69. The third-order valence-corrected chi connectivity index (χ3v) is 6.19. The number of ether oxygens (including phenoxy) is 1. The fraction of sp³-hybridized carbons (Fsp3) is 0.625. The Morgan fingerprint density at radius 2 is 2.10 bits per heavy atom. The van der Waals surface area contributed by atoms with Crippen LogP contribution in [0.2, 0.25) is 0 Å². The molecular weight excluding hydrogens is 270 g/mol. The normalized spacial score (nSPS) is 27.4. The van der Waals surface area contributed by atoms with Crippen molar-refractivity contribution >= 4 is 10.8 Å². The van der Waals surface area contributed by atoms with Gasteiger partial charge in [0.25, 0.3) is 0 Å². The molecule has 0 spiro atoms. The molecule has 0 aliphatic heterocycles. The lowest BCUT2D eigenvalue weighted by Gasteiger charge is -2.22. The summed E-state index contributed by atoms with van der Waals surface area (Å²) in [6.07, 6.45) is 3.28. The molecule has 1 aromatic carbocycles. The first-order valence-electron chi connectivity index (χ1n) is 7.46. The summed E-state index contributed by atoms with van der Waals surface area (Å²) in [7, 11) is 0.647. The second kappa shape index (κ2) is 7.23. The van der Waals surface area contributed by atoms with Gasteiger partial charge in [0.05, 0.1) is 22.8 Å². The van der Waals surface area contributed by atoms with E-state index < -0.39 is 10.8 Å². The Hall–Kier alpha value is -0.870. The highest BCUT2D eigenvalue weighted by Crippen LogP contribution is 2.35. The Balaban J connectivity index is 2.10. The van der Waals surface area contributed by atoms with Crippen molar-refractivity contribution in [1.82, 2.24) is 5.32 Å². The van der Waals surface area contributed by atoms with Crippen LogP contribution in [0.4, 0.5) is 0 Å². The fourth-order valence-electron chi connectivity index (χ4n) is 3.00. The van der Waals surface area contributed by atoms with E-state index in [0.29, 0.717) is 12.0 Å². The molecule has 4 heteroatoms. The average molecular weight is 295 g/mol. The number of para-hydroxylation sites is 1. The van der Waals surface area contributed by atoms with Crippen LogP contribution in [-0.2, 0) is 10.8 Å². The number of hydrogen-bond donors (Lipinski definition) is 1. The number of methoxy groups -OCH3 is 1. The van der Waals surface area contributed by atoms with Crippen molar-refractivity contribution in [3.05, 3.63) is 24.3 Å². The summed E-state index contributed by atoms with van der Waals surface area (Å²) in [4.78, 5) is 0.836. The van der Waals surface area contributed by atoms with Crippen LogP contribution in [-0.4, -0.2) is 29.2 Å². The second-order valence-electron chi connectivity index (χ2n) is 5.48. The quantitative estimate of drug-likeness (QED) is 0.877. The van der Waals surface area contributed by atoms with E-state index >= 15 is 0 Å². The van der Waals surface area contributed by atoms with Crippen molar-refractivity contribution in [3.8, 4) is 5.75 Å². The van der Waals surface area contributed by atoms with Gasteiger partial charge in [-0.1, -0.05) is 26.0 Å². The summed E-state index contributed by atoms with van der Waals surface area (Å²) in [6, 6.07) is 8.16. The molecule has 0 saturated heterocycles. The molecule has 0 heterocycles. The molecule has 1 aliphatic rings. The third kappa shape index (κ3) is 3.23. The van der Waals surface area contributed by atoms with E-state index in [1.54, 1.807) is 7.11 Å². The van der Waals surface area contributed by atoms with Crippen molar-refractivity contribution in [3.63, 3.8) is 0 Å². The van der Waals surface area contributed by atoms with Crippen LogP contribution in [0.1, 0.15) is 33.1 Å². The van der Waals surface area contributed by atoms with Crippen molar-refractivity contribution in [2.24, 2.45) is 5.92 Å². The fourth-order valence-corrected chi connectivity index (χ4v) is 4.81. The summed E-state index contributed by atoms with van der Waals surface area (Å²) in [5, 5.41) is 3.80. The van der Waals surface area contributed by atoms with Crippen molar-refractivity contribution in [2.75, 3.05) is 13.7 Å². The smallest absolute Gasteiger partial charge is 0.134 e. The molecule has 112 valence electrons. The van der Waals surface area contributed by atoms with Crippen LogP contribution >= 0.6 is 0 Å².